The zero-order chi connectivity index (χ0) is 16.3. The van der Waals surface area contributed by atoms with Crippen molar-refractivity contribution in [1.29, 1.82) is 0 Å². The van der Waals surface area contributed by atoms with Crippen LogP contribution in [0.3, 0.4) is 0 Å². The van der Waals surface area contributed by atoms with Crippen LogP contribution in [0.25, 0.3) is 16.3 Å². The molecule has 1 amide bonds. The topological polar surface area (TPSA) is 53.4 Å². The number of likely N-dealkylation sites (tertiary alicyclic amines) is 1. The van der Waals surface area contributed by atoms with E-state index in [9.17, 15) is 9.90 Å². The van der Waals surface area contributed by atoms with Crippen molar-refractivity contribution in [3.8, 4) is 0 Å². The zero-order valence-electron chi connectivity index (χ0n) is 13.4. The fourth-order valence-corrected chi connectivity index (χ4v) is 3.90. The summed E-state index contributed by atoms with van der Waals surface area (Å²) in [5.41, 5.74) is 0.978. The van der Waals surface area contributed by atoms with Crippen molar-refractivity contribution < 1.29 is 9.90 Å². The minimum absolute atomic E-state index is 0.00747. The van der Waals surface area contributed by atoms with Crippen LogP contribution >= 0.6 is 11.3 Å². The summed E-state index contributed by atoms with van der Waals surface area (Å²) in [6.45, 7) is 3.77. The summed E-state index contributed by atoms with van der Waals surface area (Å²) in [4.78, 5) is 18.7. The van der Waals surface area contributed by atoms with Crippen molar-refractivity contribution in [2.75, 3.05) is 19.7 Å². The van der Waals surface area contributed by atoms with Crippen LogP contribution in [0.15, 0.2) is 30.3 Å². The van der Waals surface area contributed by atoms with Crippen LogP contribution in [0.4, 0.5) is 0 Å². The summed E-state index contributed by atoms with van der Waals surface area (Å²) in [5, 5.41) is 10.4. The maximum absolute atomic E-state index is 12.3. The molecular weight excluding hydrogens is 308 g/mol. The van der Waals surface area contributed by atoms with E-state index in [0.717, 1.165) is 47.6 Å². The molecule has 122 valence electrons. The number of carbonyl (C=O) groups excluding carboxylic acids is 1. The lowest BCUT2D eigenvalue weighted by Crippen LogP contribution is -2.43. The van der Waals surface area contributed by atoms with Gasteiger partial charge in [0.15, 0.2) is 0 Å². The number of rotatable bonds is 4. The summed E-state index contributed by atoms with van der Waals surface area (Å²) in [5.74, 6) is 0.0342. The Balaban J connectivity index is 1.63. The van der Waals surface area contributed by atoms with Crippen LogP contribution in [0.5, 0.6) is 0 Å². The number of thiazole rings is 1. The Hall–Kier alpha value is -1.72. The molecule has 1 aromatic heterocycles. The number of aliphatic hydroxyl groups is 1. The fraction of sp³-hybridized carbons (Fsp3) is 0.444. The molecule has 0 saturated carbocycles. The van der Waals surface area contributed by atoms with Gasteiger partial charge in [0.2, 0.25) is 5.91 Å². The average Bonchev–Trinajstić information content (AvgIpc) is 3.02. The van der Waals surface area contributed by atoms with E-state index >= 15 is 0 Å². The smallest absolute Gasteiger partial charge is 0.246 e. The molecule has 1 N–H and O–H groups in total. The highest BCUT2D eigenvalue weighted by Crippen LogP contribution is 2.34. The van der Waals surface area contributed by atoms with E-state index < -0.39 is 0 Å². The molecule has 1 aliphatic rings. The highest BCUT2D eigenvalue weighted by atomic mass is 32.1. The molecule has 0 bridgehead atoms. The first-order valence-electron chi connectivity index (χ1n) is 8.09. The van der Waals surface area contributed by atoms with Gasteiger partial charge in [-0.2, -0.15) is 0 Å². The van der Waals surface area contributed by atoms with E-state index in [1.807, 2.05) is 29.2 Å². The van der Waals surface area contributed by atoms with Crippen LogP contribution in [-0.2, 0) is 4.79 Å². The predicted molar refractivity (Wildman–Crippen MR) is 94.3 cm³/mol. The number of hydrogen-bond acceptors (Lipinski definition) is 4. The Labute approximate surface area is 140 Å². The van der Waals surface area contributed by atoms with E-state index in [0.29, 0.717) is 0 Å². The number of aromatic nitrogens is 1. The van der Waals surface area contributed by atoms with Crippen molar-refractivity contribution in [2.24, 2.45) is 5.41 Å². The van der Waals surface area contributed by atoms with Crippen LogP contribution in [0.2, 0.25) is 0 Å². The Bertz CT molecular complexity index is 676. The number of carbonyl (C=O) groups is 1. The van der Waals surface area contributed by atoms with E-state index in [2.05, 4.69) is 11.9 Å². The molecule has 4 nitrogen and oxygen atoms in total. The second-order valence-electron chi connectivity index (χ2n) is 6.19. The molecule has 0 aliphatic carbocycles. The van der Waals surface area contributed by atoms with Crippen molar-refractivity contribution >= 4 is 33.5 Å². The first-order chi connectivity index (χ1) is 11.2. The molecule has 1 saturated heterocycles. The van der Waals surface area contributed by atoms with Gasteiger partial charge in [-0.05, 0) is 42.9 Å². The Kier molecular flexibility index (Phi) is 4.78. The largest absolute Gasteiger partial charge is 0.396 e. The number of benzene rings is 1. The van der Waals surface area contributed by atoms with Crippen molar-refractivity contribution in [3.63, 3.8) is 0 Å². The predicted octanol–water partition coefficient (Wildman–Crippen LogP) is 3.32. The van der Waals surface area contributed by atoms with Crippen LogP contribution < -0.4 is 0 Å². The first kappa shape index (κ1) is 16.1. The Morgan fingerprint density at radius 3 is 2.78 bits per heavy atom. The molecule has 23 heavy (non-hydrogen) atoms. The third kappa shape index (κ3) is 3.46. The van der Waals surface area contributed by atoms with Gasteiger partial charge < -0.3 is 10.0 Å². The number of piperidine rings is 1. The van der Waals surface area contributed by atoms with Crippen LogP contribution in [-0.4, -0.2) is 40.6 Å². The lowest BCUT2D eigenvalue weighted by Gasteiger charge is -2.39. The molecular formula is C18H22N2O2S. The SMILES string of the molecule is CCC1(CO)CCN(C(=O)/C=C/c2nc3ccccc3s2)CC1. The number of aliphatic hydroxyl groups excluding tert-OH is 1. The first-order valence-corrected chi connectivity index (χ1v) is 8.91. The van der Waals surface area contributed by atoms with Crippen molar-refractivity contribution in [2.45, 2.75) is 26.2 Å². The quantitative estimate of drug-likeness (QED) is 0.875. The highest BCUT2D eigenvalue weighted by molar-refractivity contribution is 7.19. The fourth-order valence-electron chi connectivity index (χ4n) is 3.03. The van der Waals surface area contributed by atoms with Gasteiger partial charge in [-0.1, -0.05) is 19.1 Å². The van der Waals surface area contributed by atoms with Gasteiger partial charge in [0, 0.05) is 25.8 Å². The molecule has 1 aliphatic heterocycles. The Morgan fingerprint density at radius 1 is 1.39 bits per heavy atom. The van der Waals surface area contributed by atoms with Gasteiger partial charge in [0.1, 0.15) is 5.01 Å². The van der Waals surface area contributed by atoms with Crippen LogP contribution in [0.1, 0.15) is 31.2 Å². The molecule has 0 atom stereocenters. The number of hydrogen-bond donors (Lipinski definition) is 1. The number of para-hydroxylation sites is 1. The monoisotopic (exact) mass is 330 g/mol. The normalized spacial score (nSPS) is 17.9. The van der Waals surface area contributed by atoms with Crippen LogP contribution in [0, 0.1) is 5.41 Å². The highest BCUT2D eigenvalue weighted by Gasteiger charge is 2.33. The summed E-state index contributed by atoms with van der Waals surface area (Å²) >= 11 is 1.59. The van der Waals surface area contributed by atoms with Gasteiger partial charge in [-0.15, -0.1) is 11.3 Å². The molecule has 1 fully saturated rings. The standard InChI is InChI=1S/C18H22N2O2S/c1-2-18(13-21)9-11-20(12-10-18)17(22)8-7-16-19-14-5-3-4-6-15(14)23-16/h3-8,21H,2,9-13H2,1H3/b8-7+. The summed E-state index contributed by atoms with van der Waals surface area (Å²) < 4.78 is 1.13. The second-order valence-corrected chi connectivity index (χ2v) is 7.25. The molecule has 2 heterocycles. The van der Waals surface area contributed by atoms with E-state index in [1.165, 1.54) is 0 Å². The maximum atomic E-state index is 12.3. The zero-order valence-corrected chi connectivity index (χ0v) is 14.2. The Morgan fingerprint density at radius 2 is 2.13 bits per heavy atom. The minimum atomic E-state index is 0.00747. The maximum Gasteiger partial charge on any atom is 0.246 e. The summed E-state index contributed by atoms with van der Waals surface area (Å²) in [6.07, 6.45) is 6.14. The molecule has 0 unspecified atom stereocenters. The van der Waals surface area contributed by atoms with Gasteiger partial charge in [-0.3, -0.25) is 4.79 Å². The molecule has 1 aromatic carbocycles. The molecule has 5 heteroatoms. The van der Waals surface area contributed by atoms with Gasteiger partial charge >= 0.3 is 0 Å². The number of nitrogens with zero attached hydrogens (tertiary/aromatic N) is 2. The van der Waals surface area contributed by atoms with Crippen molar-refractivity contribution in [3.05, 3.63) is 35.3 Å². The van der Waals surface area contributed by atoms with E-state index in [1.54, 1.807) is 23.5 Å². The minimum Gasteiger partial charge on any atom is -0.396 e. The van der Waals surface area contributed by atoms with Crippen molar-refractivity contribution in [1.82, 2.24) is 9.88 Å². The van der Waals surface area contributed by atoms with Gasteiger partial charge in [-0.25, -0.2) is 4.98 Å². The molecule has 0 spiro atoms. The summed E-state index contributed by atoms with van der Waals surface area (Å²) in [6, 6.07) is 7.98. The summed E-state index contributed by atoms with van der Waals surface area (Å²) in [7, 11) is 0. The molecule has 2 aromatic rings. The van der Waals surface area contributed by atoms with E-state index in [4.69, 9.17) is 0 Å². The molecule has 0 radical (unpaired) electrons. The van der Waals surface area contributed by atoms with E-state index in [-0.39, 0.29) is 17.9 Å². The lowest BCUT2D eigenvalue weighted by atomic mass is 9.77. The van der Waals surface area contributed by atoms with Gasteiger partial charge in [0.25, 0.3) is 0 Å². The molecule has 3 rings (SSSR count). The third-order valence-electron chi connectivity index (χ3n) is 4.90. The second kappa shape index (κ2) is 6.81. The average molecular weight is 330 g/mol. The lowest BCUT2D eigenvalue weighted by molar-refractivity contribution is -0.128. The van der Waals surface area contributed by atoms with Gasteiger partial charge in [0.05, 0.1) is 10.2 Å². The number of amides is 1. The third-order valence-corrected chi connectivity index (χ3v) is 5.90. The number of fused-ring (bicyclic) bond motifs is 1.